The fourth-order valence-electron chi connectivity index (χ4n) is 2.84. The first-order chi connectivity index (χ1) is 13.5. The third-order valence-electron chi connectivity index (χ3n) is 4.24. The van der Waals surface area contributed by atoms with E-state index in [4.69, 9.17) is 13.9 Å². The first-order valence-corrected chi connectivity index (χ1v) is 8.82. The van der Waals surface area contributed by atoms with E-state index in [1.807, 2.05) is 44.2 Å². The zero-order valence-electron chi connectivity index (χ0n) is 16.3. The van der Waals surface area contributed by atoms with Crippen LogP contribution in [-0.2, 0) is 0 Å². The second-order valence-electron chi connectivity index (χ2n) is 6.28. The Morgan fingerprint density at radius 2 is 1.96 bits per heavy atom. The van der Waals surface area contributed by atoms with Crippen molar-refractivity contribution in [2.75, 3.05) is 19.5 Å². The minimum absolute atomic E-state index is 0.265. The molecular formula is C21H23N3O4. The molecule has 28 heavy (non-hydrogen) atoms. The second-order valence-corrected chi connectivity index (χ2v) is 6.28. The number of nitrogens with zero attached hydrogens (tertiary/aromatic N) is 1. The second kappa shape index (κ2) is 8.47. The number of benzene rings is 2. The van der Waals surface area contributed by atoms with Gasteiger partial charge in [-0.05, 0) is 44.2 Å². The van der Waals surface area contributed by atoms with E-state index in [2.05, 4.69) is 15.6 Å². The van der Waals surface area contributed by atoms with E-state index < -0.39 is 0 Å². The molecule has 0 bridgehead atoms. The minimum Gasteiger partial charge on any atom is -0.497 e. The Bertz CT molecular complexity index is 968. The Kier molecular flexibility index (Phi) is 5.84. The normalized spacial score (nSPS) is 11.6. The molecule has 0 aliphatic heterocycles. The van der Waals surface area contributed by atoms with Gasteiger partial charge in [-0.25, -0.2) is 9.78 Å². The maximum absolute atomic E-state index is 12.4. The number of rotatable bonds is 6. The van der Waals surface area contributed by atoms with Crippen LogP contribution in [0.25, 0.3) is 11.5 Å². The van der Waals surface area contributed by atoms with Crippen molar-refractivity contribution in [1.29, 1.82) is 0 Å². The van der Waals surface area contributed by atoms with E-state index in [0.717, 1.165) is 16.9 Å². The van der Waals surface area contributed by atoms with E-state index in [9.17, 15) is 4.79 Å². The average molecular weight is 381 g/mol. The van der Waals surface area contributed by atoms with Gasteiger partial charge in [0.2, 0.25) is 5.89 Å². The molecule has 0 saturated heterocycles. The van der Waals surface area contributed by atoms with Crippen molar-refractivity contribution >= 4 is 11.7 Å². The highest BCUT2D eigenvalue weighted by Gasteiger charge is 2.15. The average Bonchev–Trinajstić information content (AvgIpc) is 3.13. The molecule has 0 radical (unpaired) electrons. The molecule has 1 heterocycles. The van der Waals surface area contributed by atoms with Crippen LogP contribution < -0.4 is 20.1 Å². The van der Waals surface area contributed by atoms with Gasteiger partial charge >= 0.3 is 6.03 Å². The van der Waals surface area contributed by atoms with Crippen molar-refractivity contribution in [2.24, 2.45) is 0 Å². The number of carbonyl (C=O) groups is 1. The summed E-state index contributed by atoms with van der Waals surface area (Å²) in [4.78, 5) is 16.7. The summed E-state index contributed by atoms with van der Waals surface area (Å²) < 4.78 is 16.1. The number of urea groups is 1. The molecule has 0 aliphatic rings. The molecule has 2 N–H and O–H groups in total. The lowest BCUT2D eigenvalue weighted by Gasteiger charge is -2.18. The SMILES string of the molecule is COc1ccc([C@H](C)NC(=O)Nc2cccc(-c3ncc(C)o3)c2)c(OC)c1. The number of oxazole rings is 1. The summed E-state index contributed by atoms with van der Waals surface area (Å²) in [7, 11) is 3.18. The summed E-state index contributed by atoms with van der Waals surface area (Å²) in [6.45, 7) is 3.72. The molecular weight excluding hydrogens is 358 g/mol. The molecule has 7 nitrogen and oxygen atoms in total. The molecule has 0 aliphatic carbocycles. The van der Waals surface area contributed by atoms with Gasteiger partial charge in [0.25, 0.3) is 0 Å². The number of anilines is 1. The van der Waals surface area contributed by atoms with Crippen molar-refractivity contribution in [3.8, 4) is 23.0 Å². The first-order valence-electron chi connectivity index (χ1n) is 8.82. The molecule has 3 rings (SSSR count). The summed E-state index contributed by atoms with van der Waals surface area (Å²) in [5.41, 5.74) is 2.28. The van der Waals surface area contributed by atoms with Gasteiger partial charge in [-0.2, -0.15) is 0 Å². The zero-order chi connectivity index (χ0) is 20.1. The van der Waals surface area contributed by atoms with Gasteiger partial charge in [-0.15, -0.1) is 0 Å². The van der Waals surface area contributed by atoms with Crippen LogP contribution in [0.15, 0.2) is 53.1 Å². The number of aryl methyl sites for hydroxylation is 1. The standard InChI is InChI=1S/C21H23N3O4/c1-13-12-22-20(28-13)15-6-5-7-16(10-15)24-21(25)23-14(2)18-9-8-17(26-3)11-19(18)27-4/h5-12,14H,1-4H3,(H2,23,24,25)/t14-/m0/s1. The van der Waals surface area contributed by atoms with E-state index in [1.54, 1.807) is 32.5 Å². The van der Waals surface area contributed by atoms with E-state index in [1.165, 1.54) is 0 Å². The van der Waals surface area contributed by atoms with Crippen molar-refractivity contribution in [2.45, 2.75) is 19.9 Å². The molecule has 7 heteroatoms. The van der Waals surface area contributed by atoms with Crippen LogP contribution in [-0.4, -0.2) is 25.2 Å². The Morgan fingerprint density at radius 3 is 2.64 bits per heavy atom. The van der Waals surface area contributed by atoms with Gasteiger partial charge in [0.05, 0.1) is 26.5 Å². The third kappa shape index (κ3) is 4.43. The fourth-order valence-corrected chi connectivity index (χ4v) is 2.84. The Morgan fingerprint density at radius 1 is 1.14 bits per heavy atom. The molecule has 2 amide bonds. The van der Waals surface area contributed by atoms with Gasteiger partial charge in [0.15, 0.2) is 0 Å². The van der Waals surface area contributed by atoms with E-state index >= 15 is 0 Å². The minimum atomic E-state index is -0.328. The molecule has 1 aromatic heterocycles. The van der Waals surface area contributed by atoms with Gasteiger partial charge < -0.3 is 24.5 Å². The number of amides is 2. The Hall–Kier alpha value is -3.48. The number of hydrogen-bond acceptors (Lipinski definition) is 5. The number of carbonyl (C=O) groups excluding carboxylic acids is 1. The molecule has 146 valence electrons. The van der Waals surface area contributed by atoms with Gasteiger partial charge in [-0.1, -0.05) is 6.07 Å². The number of nitrogens with one attached hydrogen (secondary N) is 2. The maximum Gasteiger partial charge on any atom is 0.319 e. The number of ether oxygens (including phenoxy) is 2. The summed E-state index contributed by atoms with van der Waals surface area (Å²) in [5, 5.41) is 5.74. The highest BCUT2D eigenvalue weighted by molar-refractivity contribution is 5.90. The fraction of sp³-hybridized carbons (Fsp3) is 0.238. The van der Waals surface area contributed by atoms with E-state index in [-0.39, 0.29) is 12.1 Å². The van der Waals surface area contributed by atoms with Crippen LogP contribution in [0.3, 0.4) is 0 Å². The van der Waals surface area contributed by atoms with Crippen molar-refractivity contribution in [3.05, 3.63) is 60.0 Å². The van der Waals surface area contributed by atoms with Crippen molar-refractivity contribution in [3.63, 3.8) is 0 Å². The highest BCUT2D eigenvalue weighted by atomic mass is 16.5. The topological polar surface area (TPSA) is 85.6 Å². The quantitative estimate of drug-likeness (QED) is 0.654. The first kappa shape index (κ1) is 19.3. The number of methoxy groups -OCH3 is 2. The molecule has 0 fully saturated rings. The van der Waals surface area contributed by atoms with Gasteiger partial charge in [0.1, 0.15) is 17.3 Å². The lowest BCUT2D eigenvalue weighted by Crippen LogP contribution is -2.31. The number of aromatic nitrogens is 1. The summed E-state index contributed by atoms with van der Waals surface area (Å²) >= 11 is 0. The van der Waals surface area contributed by atoms with Crippen LogP contribution in [0.4, 0.5) is 10.5 Å². The van der Waals surface area contributed by atoms with Crippen LogP contribution in [0.1, 0.15) is 24.3 Å². The Balaban J connectivity index is 1.69. The largest absolute Gasteiger partial charge is 0.497 e. The summed E-state index contributed by atoms with van der Waals surface area (Å²) in [6, 6.07) is 12.2. The van der Waals surface area contributed by atoms with Crippen LogP contribution >= 0.6 is 0 Å². The third-order valence-corrected chi connectivity index (χ3v) is 4.24. The monoisotopic (exact) mass is 381 g/mol. The number of hydrogen-bond donors (Lipinski definition) is 2. The van der Waals surface area contributed by atoms with Crippen molar-refractivity contribution in [1.82, 2.24) is 10.3 Å². The Labute approximate surface area is 163 Å². The zero-order valence-corrected chi connectivity index (χ0v) is 16.3. The predicted octanol–water partition coefficient (Wildman–Crippen LogP) is 4.55. The predicted molar refractivity (Wildman–Crippen MR) is 107 cm³/mol. The van der Waals surface area contributed by atoms with Crippen molar-refractivity contribution < 1.29 is 18.7 Å². The van der Waals surface area contributed by atoms with Crippen LogP contribution in [0.5, 0.6) is 11.5 Å². The molecule has 2 aromatic carbocycles. The van der Waals surface area contributed by atoms with Crippen LogP contribution in [0.2, 0.25) is 0 Å². The molecule has 3 aromatic rings. The molecule has 0 unspecified atom stereocenters. The van der Waals surface area contributed by atoms with Crippen LogP contribution in [0, 0.1) is 6.92 Å². The lowest BCUT2D eigenvalue weighted by atomic mass is 10.1. The molecule has 1 atom stereocenters. The summed E-state index contributed by atoms with van der Waals surface area (Å²) in [5.74, 6) is 2.58. The van der Waals surface area contributed by atoms with Gasteiger partial charge in [-0.3, -0.25) is 0 Å². The highest BCUT2D eigenvalue weighted by Crippen LogP contribution is 2.29. The van der Waals surface area contributed by atoms with Gasteiger partial charge in [0, 0.05) is 22.9 Å². The summed E-state index contributed by atoms with van der Waals surface area (Å²) in [6.07, 6.45) is 1.66. The molecule has 0 saturated carbocycles. The maximum atomic E-state index is 12.4. The smallest absolute Gasteiger partial charge is 0.319 e. The molecule has 0 spiro atoms. The lowest BCUT2D eigenvalue weighted by molar-refractivity contribution is 0.249. The van der Waals surface area contributed by atoms with E-state index in [0.29, 0.717) is 23.1 Å².